The molecule has 0 unspecified atom stereocenters. The molecule has 1 aromatic carbocycles. The Hall–Kier alpha value is -2.00. The number of carbonyl (C=O) groups excluding carboxylic acids is 2. The maximum atomic E-state index is 12.7. The molecule has 9 heteroatoms. The summed E-state index contributed by atoms with van der Waals surface area (Å²) in [5, 5.41) is 5.91. The molecule has 1 aromatic rings. The number of rotatable bonds is 4. The highest BCUT2D eigenvalue weighted by atomic mass is 32.2. The fraction of sp³-hybridized carbons (Fsp3) is 0.444. The van der Waals surface area contributed by atoms with Crippen LogP contribution in [0.5, 0.6) is 0 Å². The van der Waals surface area contributed by atoms with Crippen molar-refractivity contribution in [1.29, 1.82) is 0 Å². The molecule has 5 nitrogen and oxygen atoms in total. The summed E-state index contributed by atoms with van der Waals surface area (Å²) in [4.78, 5) is 26.2. The summed E-state index contributed by atoms with van der Waals surface area (Å²) in [6.07, 6.45) is -1.36. The highest BCUT2D eigenvalue weighted by Gasteiger charge is 2.33. The molecule has 2 saturated heterocycles. The zero-order valence-corrected chi connectivity index (χ0v) is 15.3. The first-order valence-corrected chi connectivity index (χ1v) is 9.74. The van der Waals surface area contributed by atoms with E-state index in [4.69, 9.17) is 0 Å². The number of hydrogen-bond acceptors (Lipinski definition) is 4. The Kier molecular flexibility index (Phi) is 6.11. The molecular formula is C18H20F3N3O2S. The highest BCUT2D eigenvalue weighted by molar-refractivity contribution is 7.99. The Morgan fingerprint density at radius 3 is 2.85 bits per heavy atom. The Labute approximate surface area is 159 Å². The summed E-state index contributed by atoms with van der Waals surface area (Å²) in [7, 11) is 0. The molecule has 0 saturated carbocycles. The molecule has 2 fully saturated rings. The van der Waals surface area contributed by atoms with Crippen LogP contribution in [0, 0.1) is 0 Å². The molecule has 0 bridgehead atoms. The average molecular weight is 399 g/mol. The van der Waals surface area contributed by atoms with Crippen molar-refractivity contribution < 1.29 is 22.8 Å². The number of alkyl halides is 3. The van der Waals surface area contributed by atoms with E-state index in [1.165, 1.54) is 24.3 Å². The summed E-state index contributed by atoms with van der Waals surface area (Å²) < 4.78 is 38.1. The van der Waals surface area contributed by atoms with Crippen LogP contribution in [0.4, 0.5) is 13.2 Å². The van der Waals surface area contributed by atoms with Crippen molar-refractivity contribution in [1.82, 2.24) is 15.5 Å². The van der Waals surface area contributed by atoms with E-state index in [0.29, 0.717) is 24.4 Å². The van der Waals surface area contributed by atoms with Gasteiger partial charge in [0.15, 0.2) is 0 Å². The van der Waals surface area contributed by atoms with Crippen LogP contribution in [0.1, 0.15) is 17.5 Å². The van der Waals surface area contributed by atoms with E-state index in [2.05, 4.69) is 10.6 Å². The predicted octanol–water partition coefficient (Wildman–Crippen LogP) is 2.10. The third kappa shape index (κ3) is 5.26. The van der Waals surface area contributed by atoms with E-state index in [1.807, 2.05) is 0 Å². The largest absolute Gasteiger partial charge is 0.416 e. The summed E-state index contributed by atoms with van der Waals surface area (Å²) in [6, 6.07) is 4.28. The van der Waals surface area contributed by atoms with Gasteiger partial charge >= 0.3 is 6.18 Å². The summed E-state index contributed by atoms with van der Waals surface area (Å²) in [5.41, 5.74) is -0.462. The zero-order chi connectivity index (χ0) is 19.4. The van der Waals surface area contributed by atoms with Crippen LogP contribution >= 0.6 is 11.8 Å². The van der Waals surface area contributed by atoms with Crippen molar-refractivity contribution in [2.24, 2.45) is 0 Å². The Bertz CT molecular complexity index is 733. The van der Waals surface area contributed by atoms with Crippen molar-refractivity contribution in [2.75, 3.05) is 24.7 Å². The van der Waals surface area contributed by atoms with Gasteiger partial charge in [0.2, 0.25) is 11.8 Å². The van der Waals surface area contributed by atoms with E-state index >= 15 is 0 Å². The van der Waals surface area contributed by atoms with Crippen LogP contribution in [0.15, 0.2) is 30.3 Å². The Morgan fingerprint density at radius 2 is 2.15 bits per heavy atom. The minimum absolute atomic E-state index is 0.0521. The number of thioether (sulfide) groups is 1. The van der Waals surface area contributed by atoms with Crippen molar-refractivity contribution >= 4 is 29.7 Å². The number of halogens is 3. The number of carbonyl (C=O) groups is 2. The van der Waals surface area contributed by atoms with E-state index in [0.717, 1.165) is 24.4 Å². The van der Waals surface area contributed by atoms with Crippen LogP contribution < -0.4 is 10.6 Å². The predicted molar refractivity (Wildman–Crippen MR) is 97.9 cm³/mol. The molecule has 0 radical (unpaired) electrons. The zero-order valence-electron chi connectivity index (χ0n) is 14.5. The van der Waals surface area contributed by atoms with Crippen molar-refractivity contribution in [3.8, 4) is 0 Å². The maximum Gasteiger partial charge on any atom is 0.416 e. The van der Waals surface area contributed by atoms with Gasteiger partial charge in [0, 0.05) is 31.0 Å². The molecule has 146 valence electrons. The lowest BCUT2D eigenvalue weighted by molar-refractivity contribution is -0.137. The second-order valence-electron chi connectivity index (χ2n) is 6.50. The second-order valence-corrected chi connectivity index (χ2v) is 7.57. The third-order valence-electron chi connectivity index (χ3n) is 4.48. The number of hydrogen-bond donors (Lipinski definition) is 2. The summed E-state index contributed by atoms with van der Waals surface area (Å²) >= 11 is 1.72. The lowest BCUT2D eigenvalue weighted by atomic mass is 10.1. The van der Waals surface area contributed by atoms with Gasteiger partial charge in [-0.05, 0) is 30.2 Å². The molecule has 2 heterocycles. The molecule has 2 aliphatic heterocycles. The van der Waals surface area contributed by atoms with Gasteiger partial charge in [0.25, 0.3) is 0 Å². The average Bonchev–Trinajstić information content (AvgIpc) is 3.31. The van der Waals surface area contributed by atoms with Gasteiger partial charge < -0.3 is 15.5 Å². The van der Waals surface area contributed by atoms with Crippen LogP contribution in [-0.2, 0) is 15.8 Å². The minimum Gasteiger partial charge on any atom is -0.348 e. The van der Waals surface area contributed by atoms with Crippen LogP contribution in [0.3, 0.4) is 0 Å². The lowest BCUT2D eigenvalue weighted by Crippen LogP contribution is -2.42. The van der Waals surface area contributed by atoms with Crippen molar-refractivity contribution in [3.63, 3.8) is 0 Å². The molecular weight excluding hydrogens is 379 g/mol. The van der Waals surface area contributed by atoms with Crippen molar-refractivity contribution in [3.05, 3.63) is 41.5 Å². The molecule has 0 spiro atoms. The van der Waals surface area contributed by atoms with E-state index in [-0.39, 0.29) is 18.0 Å². The number of nitrogens with one attached hydrogen (secondary N) is 2. The van der Waals surface area contributed by atoms with Gasteiger partial charge in [-0.25, -0.2) is 0 Å². The maximum absolute atomic E-state index is 12.7. The van der Waals surface area contributed by atoms with Gasteiger partial charge in [0.1, 0.15) is 0 Å². The Morgan fingerprint density at radius 1 is 1.33 bits per heavy atom. The van der Waals surface area contributed by atoms with Crippen LogP contribution in [-0.4, -0.2) is 53.5 Å². The van der Waals surface area contributed by atoms with Crippen molar-refractivity contribution in [2.45, 2.75) is 24.7 Å². The fourth-order valence-electron chi connectivity index (χ4n) is 3.08. The quantitative estimate of drug-likeness (QED) is 0.762. The topological polar surface area (TPSA) is 61.4 Å². The van der Waals surface area contributed by atoms with Gasteiger partial charge in [-0.2, -0.15) is 13.2 Å². The Balaban J connectivity index is 1.51. The van der Waals surface area contributed by atoms with Crippen LogP contribution in [0.2, 0.25) is 0 Å². The lowest BCUT2D eigenvalue weighted by Gasteiger charge is -2.19. The van der Waals surface area contributed by atoms with E-state index in [9.17, 15) is 22.8 Å². The summed E-state index contributed by atoms with van der Waals surface area (Å²) in [6.45, 7) is 1.24. The standard InChI is InChI=1S/C18H20F3N3O2S/c19-18(20,21)13-3-1-2-12(8-13)4-5-16(25)23-14-9-15(22-10-14)17(26)24-6-7-27-11-24/h1-5,8,14-15,22H,6-7,9-11H2,(H,23,25)/b5-4+/t14-,15-/m0/s1. The van der Waals surface area contributed by atoms with E-state index in [1.54, 1.807) is 16.7 Å². The molecule has 2 N–H and O–H groups in total. The first-order chi connectivity index (χ1) is 12.8. The molecule has 3 rings (SSSR count). The van der Waals surface area contributed by atoms with Gasteiger partial charge in [-0.15, -0.1) is 11.8 Å². The normalized spacial score (nSPS) is 23.1. The van der Waals surface area contributed by atoms with Crippen LogP contribution in [0.25, 0.3) is 6.08 Å². The number of amides is 2. The third-order valence-corrected chi connectivity index (χ3v) is 5.45. The smallest absolute Gasteiger partial charge is 0.348 e. The minimum atomic E-state index is -4.42. The molecule has 2 aliphatic rings. The van der Waals surface area contributed by atoms with Gasteiger partial charge in [-0.3, -0.25) is 9.59 Å². The fourth-order valence-corrected chi connectivity index (χ4v) is 4.04. The summed E-state index contributed by atoms with van der Waals surface area (Å²) in [5.74, 6) is 1.30. The monoisotopic (exact) mass is 399 g/mol. The molecule has 27 heavy (non-hydrogen) atoms. The molecule has 0 aromatic heterocycles. The number of nitrogens with zero attached hydrogens (tertiary/aromatic N) is 1. The first-order valence-electron chi connectivity index (χ1n) is 8.58. The highest BCUT2D eigenvalue weighted by Crippen LogP contribution is 2.29. The molecule has 2 amide bonds. The SMILES string of the molecule is O=C(/C=C/c1cccc(C(F)(F)F)c1)N[C@@H]1CN[C@H](C(=O)N2CCSC2)C1. The van der Waals surface area contributed by atoms with Gasteiger partial charge in [-0.1, -0.05) is 12.1 Å². The van der Waals surface area contributed by atoms with Gasteiger partial charge in [0.05, 0.1) is 17.5 Å². The van der Waals surface area contributed by atoms with E-state index < -0.39 is 17.6 Å². The first kappa shape index (κ1) is 19.8. The molecule has 2 atom stereocenters. The second kappa shape index (κ2) is 8.35. The molecule has 0 aliphatic carbocycles. The number of benzene rings is 1.